The van der Waals surface area contributed by atoms with Crippen LogP contribution >= 0.6 is 23.2 Å². The van der Waals surface area contributed by atoms with Crippen LogP contribution in [0.1, 0.15) is 21.5 Å². The molecular weight excluding hydrogens is 431 g/mol. The van der Waals surface area contributed by atoms with Crippen LogP contribution in [0.15, 0.2) is 65.6 Å². The number of anilines is 2. The highest BCUT2D eigenvalue weighted by molar-refractivity contribution is 7.92. The fourth-order valence-corrected chi connectivity index (χ4v) is 4.27. The van der Waals surface area contributed by atoms with Gasteiger partial charge in [-0.25, -0.2) is 8.42 Å². The molecule has 0 fully saturated rings. The lowest BCUT2D eigenvalue weighted by Crippen LogP contribution is -2.16. The minimum absolute atomic E-state index is 0.144. The molecule has 0 heterocycles. The summed E-state index contributed by atoms with van der Waals surface area (Å²) in [6.07, 6.45) is 0. The van der Waals surface area contributed by atoms with E-state index in [4.69, 9.17) is 23.2 Å². The average molecular weight is 449 g/mol. The van der Waals surface area contributed by atoms with E-state index in [0.717, 1.165) is 5.56 Å². The predicted octanol–water partition coefficient (Wildman–Crippen LogP) is 5.66. The molecule has 2 N–H and O–H groups in total. The summed E-state index contributed by atoms with van der Waals surface area (Å²) in [4.78, 5) is 12.7. The molecule has 0 aliphatic heterocycles. The number of sulfonamides is 1. The maximum Gasteiger partial charge on any atom is 0.261 e. The lowest BCUT2D eigenvalue weighted by atomic mass is 10.1. The van der Waals surface area contributed by atoms with E-state index < -0.39 is 15.9 Å². The zero-order valence-electron chi connectivity index (χ0n) is 15.7. The van der Waals surface area contributed by atoms with Crippen LogP contribution in [0, 0.1) is 13.8 Å². The first-order chi connectivity index (χ1) is 13.6. The summed E-state index contributed by atoms with van der Waals surface area (Å²) in [7, 11) is -3.78. The molecule has 0 saturated carbocycles. The van der Waals surface area contributed by atoms with Gasteiger partial charge in [0.1, 0.15) is 0 Å². The second-order valence-corrected chi connectivity index (χ2v) is 9.12. The van der Waals surface area contributed by atoms with Crippen LogP contribution in [-0.4, -0.2) is 14.3 Å². The van der Waals surface area contributed by atoms with Crippen LogP contribution in [0.2, 0.25) is 10.0 Å². The lowest BCUT2D eigenvalue weighted by molar-refractivity contribution is 0.102. The number of carbonyl (C=O) groups excluding carboxylic acids is 1. The number of halogens is 2. The monoisotopic (exact) mass is 448 g/mol. The third kappa shape index (κ3) is 5.29. The number of amides is 1. The highest BCUT2D eigenvalue weighted by Gasteiger charge is 2.17. The number of rotatable bonds is 5. The Hall–Kier alpha value is -2.54. The van der Waals surface area contributed by atoms with E-state index >= 15 is 0 Å². The molecule has 5 nitrogen and oxygen atoms in total. The summed E-state index contributed by atoms with van der Waals surface area (Å²) in [6, 6.07) is 16.0. The van der Waals surface area contributed by atoms with Crippen molar-refractivity contribution in [2.45, 2.75) is 18.7 Å². The zero-order valence-corrected chi connectivity index (χ0v) is 18.0. The topological polar surface area (TPSA) is 75.3 Å². The quantitative estimate of drug-likeness (QED) is 0.528. The Morgan fingerprint density at radius 3 is 2.10 bits per heavy atom. The van der Waals surface area contributed by atoms with E-state index in [1.165, 1.54) is 18.2 Å². The van der Waals surface area contributed by atoms with Gasteiger partial charge in [-0.05, 0) is 61.9 Å². The van der Waals surface area contributed by atoms with Gasteiger partial charge < -0.3 is 5.32 Å². The summed E-state index contributed by atoms with van der Waals surface area (Å²) in [6.45, 7) is 3.63. The van der Waals surface area contributed by atoms with E-state index in [-0.39, 0.29) is 10.5 Å². The van der Waals surface area contributed by atoms with Crippen molar-refractivity contribution in [1.29, 1.82) is 0 Å². The Labute approximate surface area is 179 Å². The van der Waals surface area contributed by atoms with E-state index in [0.29, 0.717) is 27.0 Å². The van der Waals surface area contributed by atoms with Gasteiger partial charge >= 0.3 is 0 Å². The van der Waals surface area contributed by atoms with E-state index in [1.807, 2.05) is 6.92 Å². The third-order valence-corrected chi connectivity index (χ3v) is 6.01. The van der Waals surface area contributed by atoms with Gasteiger partial charge in [0.25, 0.3) is 15.9 Å². The van der Waals surface area contributed by atoms with Crippen molar-refractivity contribution < 1.29 is 13.2 Å². The van der Waals surface area contributed by atoms with Crippen LogP contribution in [0.3, 0.4) is 0 Å². The Morgan fingerprint density at radius 1 is 0.862 bits per heavy atom. The molecule has 29 heavy (non-hydrogen) atoms. The van der Waals surface area contributed by atoms with Crippen molar-refractivity contribution >= 4 is 50.5 Å². The molecule has 0 saturated heterocycles. The summed E-state index contributed by atoms with van der Waals surface area (Å²) in [5, 5.41) is 3.49. The molecule has 1 amide bonds. The molecule has 150 valence electrons. The van der Waals surface area contributed by atoms with Crippen molar-refractivity contribution in [3.8, 4) is 0 Å². The van der Waals surface area contributed by atoms with E-state index in [1.54, 1.807) is 49.4 Å². The smallest absolute Gasteiger partial charge is 0.261 e. The Kier molecular flexibility index (Phi) is 6.17. The van der Waals surface area contributed by atoms with E-state index in [9.17, 15) is 13.2 Å². The molecule has 0 radical (unpaired) electrons. The Bertz CT molecular complexity index is 1160. The normalized spacial score (nSPS) is 11.2. The number of aryl methyl sites for hydroxylation is 2. The highest BCUT2D eigenvalue weighted by atomic mass is 35.5. The molecule has 8 heteroatoms. The third-order valence-electron chi connectivity index (χ3n) is 4.20. The Balaban J connectivity index is 1.85. The predicted molar refractivity (Wildman–Crippen MR) is 118 cm³/mol. The first-order valence-electron chi connectivity index (χ1n) is 8.62. The second-order valence-electron chi connectivity index (χ2n) is 6.56. The van der Waals surface area contributed by atoms with E-state index in [2.05, 4.69) is 10.0 Å². The van der Waals surface area contributed by atoms with Crippen LogP contribution in [0.4, 0.5) is 11.4 Å². The van der Waals surface area contributed by atoms with Crippen LogP contribution in [-0.2, 0) is 10.0 Å². The Morgan fingerprint density at radius 2 is 1.48 bits per heavy atom. The molecule has 0 spiro atoms. The number of nitrogens with one attached hydrogen (secondary N) is 2. The molecule has 0 aliphatic carbocycles. The first kappa shape index (κ1) is 21.2. The van der Waals surface area contributed by atoms with Crippen molar-refractivity contribution in [3.05, 3.63) is 87.4 Å². The van der Waals surface area contributed by atoms with Gasteiger partial charge in [-0.3, -0.25) is 9.52 Å². The van der Waals surface area contributed by atoms with Gasteiger partial charge in [-0.15, -0.1) is 0 Å². The molecule has 0 bridgehead atoms. The van der Waals surface area contributed by atoms with Crippen molar-refractivity contribution in [2.24, 2.45) is 0 Å². The van der Waals surface area contributed by atoms with Crippen molar-refractivity contribution in [3.63, 3.8) is 0 Å². The van der Waals surface area contributed by atoms with Gasteiger partial charge in [0, 0.05) is 21.3 Å². The molecule has 3 rings (SSSR count). The number of hydrogen-bond donors (Lipinski definition) is 2. The molecule has 3 aromatic rings. The highest BCUT2D eigenvalue weighted by Crippen LogP contribution is 2.25. The molecule has 0 atom stereocenters. The van der Waals surface area contributed by atoms with Crippen molar-refractivity contribution in [2.75, 3.05) is 10.0 Å². The number of hydrogen-bond acceptors (Lipinski definition) is 3. The van der Waals surface area contributed by atoms with Gasteiger partial charge in [-0.2, -0.15) is 0 Å². The van der Waals surface area contributed by atoms with Gasteiger partial charge in [0.05, 0.1) is 10.6 Å². The number of carbonyl (C=O) groups is 1. The van der Waals surface area contributed by atoms with Crippen LogP contribution in [0.25, 0.3) is 0 Å². The maximum atomic E-state index is 12.7. The van der Waals surface area contributed by atoms with Crippen molar-refractivity contribution in [1.82, 2.24) is 0 Å². The minimum atomic E-state index is -3.78. The number of benzene rings is 3. The SMILES string of the molecule is Cc1ccc(S(=O)(=O)Nc2cc(C(=O)Nc3cc(Cl)cc(Cl)c3)ccc2C)cc1. The molecule has 3 aromatic carbocycles. The van der Waals surface area contributed by atoms with Crippen LogP contribution in [0.5, 0.6) is 0 Å². The fraction of sp³-hybridized carbons (Fsp3) is 0.0952. The summed E-state index contributed by atoms with van der Waals surface area (Å²) in [5.74, 6) is -0.417. The molecular formula is C21H18Cl2N2O3S. The van der Waals surface area contributed by atoms with Gasteiger partial charge in [0.2, 0.25) is 0 Å². The molecule has 0 aliphatic rings. The summed E-state index contributed by atoms with van der Waals surface area (Å²) in [5.41, 5.74) is 2.69. The maximum absolute atomic E-state index is 12.7. The van der Waals surface area contributed by atoms with Gasteiger partial charge in [-0.1, -0.05) is 47.0 Å². The standard InChI is InChI=1S/C21H18Cl2N2O3S/c1-13-3-7-19(8-4-13)29(27,28)25-20-9-15(6-5-14(20)2)21(26)24-18-11-16(22)10-17(23)12-18/h3-12,25H,1-2H3,(H,24,26). The lowest BCUT2D eigenvalue weighted by Gasteiger charge is -2.13. The first-order valence-corrected chi connectivity index (χ1v) is 10.9. The fourth-order valence-electron chi connectivity index (χ4n) is 2.62. The van der Waals surface area contributed by atoms with Crippen LogP contribution < -0.4 is 10.0 Å². The second kappa shape index (κ2) is 8.45. The largest absolute Gasteiger partial charge is 0.322 e. The minimum Gasteiger partial charge on any atom is -0.322 e. The van der Waals surface area contributed by atoms with Gasteiger partial charge in [0.15, 0.2) is 0 Å². The molecule has 0 aromatic heterocycles. The zero-order chi connectivity index (χ0) is 21.2. The summed E-state index contributed by atoms with van der Waals surface area (Å²) < 4.78 is 27.9. The molecule has 0 unspecified atom stereocenters. The summed E-state index contributed by atoms with van der Waals surface area (Å²) >= 11 is 11.9. The average Bonchev–Trinajstić information content (AvgIpc) is 2.62.